The monoisotopic (exact) mass is 499 g/mol. The fourth-order valence-corrected chi connectivity index (χ4v) is 3.88. The maximum absolute atomic E-state index is 14.0. The van der Waals surface area contributed by atoms with Gasteiger partial charge >= 0.3 is 6.09 Å². The number of carbonyl (C=O) groups excluding carboxylic acids is 3. The summed E-state index contributed by atoms with van der Waals surface area (Å²) >= 11 is 0. The van der Waals surface area contributed by atoms with E-state index >= 15 is 0 Å². The van der Waals surface area contributed by atoms with Gasteiger partial charge in [-0.15, -0.1) is 6.42 Å². The van der Waals surface area contributed by atoms with Gasteiger partial charge in [0.05, 0.1) is 0 Å². The minimum absolute atomic E-state index is 0.0427. The van der Waals surface area contributed by atoms with E-state index in [1.165, 1.54) is 0 Å². The molecule has 3 unspecified atom stereocenters. The molecule has 0 spiro atoms. The molecule has 0 heterocycles. The summed E-state index contributed by atoms with van der Waals surface area (Å²) in [5, 5.41) is 5.82. The van der Waals surface area contributed by atoms with Crippen LogP contribution < -0.4 is 10.6 Å². The second-order valence-electron chi connectivity index (χ2n) is 10.6. The zero-order valence-corrected chi connectivity index (χ0v) is 23.3. The van der Waals surface area contributed by atoms with Gasteiger partial charge in [-0.1, -0.05) is 58.6 Å². The van der Waals surface area contributed by atoms with E-state index in [2.05, 4.69) is 23.5 Å². The number of nitrogens with zero attached hydrogens (tertiary/aromatic N) is 1. The summed E-state index contributed by atoms with van der Waals surface area (Å²) in [6.45, 7) is 15.4. The molecule has 1 rings (SSSR count). The molecular weight excluding hydrogens is 454 g/mol. The molecule has 0 aromatic heterocycles. The highest BCUT2D eigenvalue weighted by Crippen LogP contribution is 2.25. The Hall–Kier alpha value is -3.01. The van der Waals surface area contributed by atoms with Crippen LogP contribution in [0.15, 0.2) is 24.3 Å². The minimum Gasteiger partial charge on any atom is -0.444 e. The molecule has 7 heteroatoms. The highest BCUT2D eigenvalue weighted by molar-refractivity contribution is 5.92. The lowest BCUT2D eigenvalue weighted by atomic mass is 9.97. The maximum atomic E-state index is 14.0. The van der Waals surface area contributed by atoms with E-state index in [-0.39, 0.29) is 23.8 Å². The standard InChI is InChI=1S/C29H45N3O4/c1-10-13-19-32(27(34)24(20(4)5)31-28(35)36-29(7,8)9)25(26(33)30-21(6)14-11-2)23-17-15-22(12-3)16-18-23/h3,15-18,20-21,24-25H,10-11,13-14,19H2,1-2,4-9H3,(H,30,33)(H,31,35). The van der Waals surface area contributed by atoms with Crippen LogP contribution in [0, 0.1) is 18.3 Å². The second-order valence-corrected chi connectivity index (χ2v) is 10.6. The minimum atomic E-state index is -0.864. The Morgan fingerprint density at radius 2 is 1.64 bits per heavy atom. The maximum Gasteiger partial charge on any atom is 0.408 e. The van der Waals surface area contributed by atoms with Gasteiger partial charge in [0.25, 0.3) is 0 Å². The first-order chi connectivity index (χ1) is 16.8. The Balaban J connectivity index is 3.47. The van der Waals surface area contributed by atoms with Crippen LogP contribution in [0.5, 0.6) is 0 Å². The summed E-state index contributed by atoms with van der Waals surface area (Å²) < 4.78 is 5.41. The number of hydrogen-bond acceptors (Lipinski definition) is 4. The average molecular weight is 500 g/mol. The van der Waals surface area contributed by atoms with Crippen molar-refractivity contribution in [1.82, 2.24) is 15.5 Å². The van der Waals surface area contributed by atoms with E-state index in [9.17, 15) is 14.4 Å². The number of ether oxygens (including phenoxy) is 1. The molecule has 0 aliphatic rings. The van der Waals surface area contributed by atoms with Crippen LogP contribution in [0.1, 0.15) is 98.2 Å². The zero-order chi connectivity index (χ0) is 27.5. The first-order valence-corrected chi connectivity index (χ1v) is 13.0. The topological polar surface area (TPSA) is 87.7 Å². The molecule has 1 aromatic carbocycles. The van der Waals surface area contributed by atoms with Gasteiger partial charge < -0.3 is 20.3 Å². The smallest absolute Gasteiger partial charge is 0.408 e. The Bertz CT molecular complexity index is 897. The predicted molar refractivity (Wildman–Crippen MR) is 144 cm³/mol. The third kappa shape index (κ3) is 9.93. The molecule has 0 fully saturated rings. The van der Waals surface area contributed by atoms with E-state index < -0.39 is 23.8 Å². The first-order valence-electron chi connectivity index (χ1n) is 13.0. The molecule has 3 atom stereocenters. The van der Waals surface area contributed by atoms with Crippen LogP contribution in [0.2, 0.25) is 0 Å². The van der Waals surface area contributed by atoms with Crippen molar-refractivity contribution in [3.05, 3.63) is 35.4 Å². The fourth-order valence-electron chi connectivity index (χ4n) is 3.88. The van der Waals surface area contributed by atoms with Gasteiger partial charge in [-0.2, -0.15) is 0 Å². The number of terminal acetylenes is 1. The normalized spacial score (nSPS) is 13.8. The van der Waals surface area contributed by atoms with Crippen molar-refractivity contribution in [1.29, 1.82) is 0 Å². The van der Waals surface area contributed by atoms with Crippen LogP contribution in [0.4, 0.5) is 4.79 Å². The van der Waals surface area contributed by atoms with E-state index in [0.29, 0.717) is 24.1 Å². The number of amides is 3. The quantitative estimate of drug-likeness (QED) is 0.387. The van der Waals surface area contributed by atoms with Gasteiger partial charge in [0, 0.05) is 18.2 Å². The summed E-state index contributed by atoms with van der Waals surface area (Å²) in [5.74, 6) is 1.79. The third-order valence-corrected chi connectivity index (χ3v) is 5.70. The molecule has 36 heavy (non-hydrogen) atoms. The molecule has 0 aliphatic heterocycles. The molecule has 0 radical (unpaired) electrons. The van der Waals surface area contributed by atoms with Crippen molar-refractivity contribution in [2.45, 2.75) is 105 Å². The lowest BCUT2D eigenvalue weighted by molar-refractivity contribution is -0.143. The number of carbonyl (C=O) groups is 3. The van der Waals surface area contributed by atoms with Gasteiger partial charge in [0.15, 0.2) is 0 Å². The average Bonchev–Trinajstić information content (AvgIpc) is 2.78. The van der Waals surface area contributed by atoms with Crippen molar-refractivity contribution in [3.8, 4) is 12.3 Å². The molecule has 2 N–H and O–H groups in total. The van der Waals surface area contributed by atoms with Crippen molar-refractivity contribution < 1.29 is 19.1 Å². The molecule has 0 bridgehead atoms. The van der Waals surface area contributed by atoms with Gasteiger partial charge in [-0.3, -0.25) is 9.59 Å². The highest BCUT2D eigenvalue weighted by Gasteiger charge is 2.37. The molecule has 0 saturated heterocycles. The second kappa shape index (κ2) is 14.5. The molecule has 0 saturated carbocycles. The van der Waals surface area contributed by atoms with Gasteiger partial charge in [-0.25, -0.2) is 4.79 Å². The van der Waals surface area contributed by atoms with Crippen molar-refractivity contribution in [2.24, 2.45) is 5.92 Å². The van der Waals surface area contributed by atoms with Gasteiger partial charge in [0.1, 0.15) is 17.7 Å². The number of nitrogens with one attached hydrogen (secondary N) is 2. The SMILES string of the molecule is C#Cc1ccc(C(C(=O)NC(C)CCC)N(CCCC)C(=O)C(NC(=O)OC(C)(C)C)C(C)C)cc1. The Morgan fingerprint density at radius 1 is 1.03 bits per heavy atom. The van der Waals surface area contributed by atoms with E-state index in [0.717, 1.165) is 19.3 Å². The number of hydrogen-bond donors (Lipinski definition) is 2. The molecule has 0 aliphatic carbocycles. The van der Waals surface area contributed by atoms with Crippen LogP contribution in [-0.2, 0) is 14.3 Å². The number of benzene rings is 1. The van der Waals surface area contributed by atoms with E-state index in [4.69, 9.17) is 11.2 Å². The predicted octanol–water partition coefficient (Wildman–Crippen LogP) is 5.19. The summed E-state index contributed by atoms with van der Waals surface area (Å²) in [6.07, 6.45) is 8.16. The summed E-state index contributed by atoms with van der Waals surface area (Å²) in [6, 6.07) is 5.36. The first kappa shape index (κ1) is 31.0. The summed E-state index contributed by atoms with van der Waals surface area (Å²) in [5.41, 5.74) is 0.655. The molecular formula is C29H45N3O4. The third-order valence-electron chi connectivity index (χ3n) is 5.70. The summed E-state index contributed by atoms with van der Waals surface area (Å²) in [4.78, 5) is 41.8. The van der Waals surface area contributed by atoms with Gasteiger partial charge in [0.2, 0.25) is 11.8 Å². The lowest BCUT2D eigenvalue weighted by Crippen LogP contribution is -2.55. The van der Waals surface area contributed by atoms with Gasteiger partial charge in [-0.05, 0) is 64.2 Å². The fraction of sp³-hybridized carbons (Fsp3) is 0.621. The van der Waals surface area contributed by atoms with Crippen molar-refractivity contribution >= 4 is 17.9 Å². The Kier molecular flexibility index (Phi) is 12.5. The Labute approximate surface area is 217 Å². The van der Waals surface area contributed by atoms with Crippen molar-refractivity contribution in [3.63, 3.8) is 0 Å². The van der Waals surface area contributed by atoms with Crippen LogP contribution in [0.25, 0.3) is 0 Å². The van der Waals surface area contributed by atoms with E-state index in [1.54, 1.807) is 49.9 Å². The lowest BCUT2D eigenvalue weighted by Gasteiger charge is -2.36. The van der Waals surface area contributed by atoms with Crippen LogP contribution >= 0.6 is 0 Å². The number of rotatable bonds is 12. The Morgan fingerprint density at radius 3 is 2.11 bits per heavy atom. The van der Waals surface area contributed by atoms with Crippen LogP contribution in [0.3, 0.4) is 0 Å². The summed E-state index contributed by atoms with van der Waals surface area (Å²) in [7, 11) is 0. The van der Waals surface area contributed by atoms with E-state index in [1.807, 2.05) is 27.7 Å². The number of alkyl carbamates (subject to hydrolysis) is 1. The number of unbranched alkanes of at least 4 members (excludes halogenated alkanes) is 1. The zero-order valence-electron chi connectivity index (χ0n) is 23.3. The van der Waals surface area contributed by atoms with Crippen molar-refractivity contribution in [2.75, 3.05) is 6.54 Å². The molecule has 3 amide bonds. The molecule has 1 aromatic rings. The highest BCUT2D eigenvalue weighted by atomic mass is 16.6. The molecule has 7 nitrogen and oxygen atoms in total. The molecule has 200 valence electrons. The largest absolute Gasteiger partial charge is 0.444 e. The van der Waals surface area contributed by atoms with Crippen LogP contribution in [-0.4, -0.2) is 47.0 Å².